The zero-order chi connectivity index (χ0) is 9.52. The summed E-state index contributed by atoms with van der Waals surface area (Å²) >= 11 is 0. The van der Waals surface area contributed by atoms with Gasteiger partial charge in [0.2, 0.25) is 5.88 Å². The molecule has 0 saturated heterocycles. The molecule has 1 aromatic heterocycles. The van der Waals surface area contributed by atoms with E-state index >= 15 is 0 Å². The molecule has 0 atom stereocenters. The second-order valence-electron chi connectivity index (χ2n) is 2.28. The van der Waals surface area contributed by atoms with Crippen LogP contribution >= 0.6 is 0 Å². The SMILES string of the molecule is CCOc1ccc(C#CCO)cn1. The third-order valence-electron chi connectivity index (χ3n) is 1.34. The first-order valence-electron chi connectivity index (χ1n) is 4.05. The van der Waals surface area contributed by atoms with Crippen LogP contribution in [0, 0.1) is 11.8 Å². The molecule has 0 aliphatic heterocycles. The van der Waals surface area contributed by atoms with Gasteiger partial charge in [-0.05, 0) is 13.0 Å². The number of hydrogen-bond acceptors (Lipinski definition) is 3. The molecule has 0 spiro atoms. The van der Waals surface area contributed by atoms with E-state index in [4.69, 9.17) is 9.84 Å². The number of pyridine rings is 1. The Kier molecular flexibility index (Phi) is 3.80. The monoisotopic (exact) mass is 177 g/mol. The number of rotatable bonds is 2. The van der Waals surface area contributed by atoms with E-state index in [9.17, 15) is 0 Å². The fourth-order valence-electron chi connectivity index (χ4n) is 0.829. The van der Waals surface area contributed by atoms with Gasteiger partial charge >= 0.3 is 0 Å². The highest BCUT2D eigenvalue weighted by Crippen LogP contribution is 2.05. The van der Waals surface area contributed by atoms with Gasteiger partial charge in [0.25, 0.3) is 0 Å². The first-order valence-corrected chi connectivity index (χ1v) is 4.05. The number of nitrogens with zero attached hydrogens (tertiary/aromatic N) is 1. The van der Waals surface area contributed by atoms with E-state index in [0.717, 1.165) is 5.56 Å². The highest BCUT2D eigenvalue weighted by Gasteiger charge is 1.92. The third-order valence-corrected chi connectivity index (χ3v) is 1.34. The van der Waals surface area contributed by atoms with Crippen LogP contribution in [0.25, 0.3) is 0 Å². The molecule has 1 rings (SSSR count). The standard InChI is InChI=1S/C10H11NO2/c1-2-13-10-6-5-9(8-11-10)4-3-7-12/h5-6,8,12H,2,7H2,1H3. The molecule has 1 N–H and O–H groups in total. The van der Waals surface area contributed by atoms with Gasteiger partial charge in [0.15, 0.2) is 0 Å². The Bertz CT molecular complexity index is 308. The summed E-state index contributed by atoms with van der Waals surface area (Å²) in [6.45, 7) is 2.38. The fraction of sp³-hybridized carbons (Fsp3) is 0.300. The number of hydrogen-bond donors (Lipinski definition) is 1. The van der Waals surface area contributed by atoms with Crippen LogP contribution in [0.4, 0.5) is 0 Å². The van der Waals surface area contributed by atoms with Crippen LogP contribution in [-0.2, 0) is 0 Å². The van der Waals surface area contributed by atoms with E-state index < -0.39 is 0 Å². The molecule has 3 heteroatoms. The van der Waals surface area contributed by atoms with Crippen LogP contribution in [0.2, 0.25) is 0 Å². The Morgan fingerprint density at radius 1 is 1.54 bits per heavy atom. The molecule has 0 aliphatic rings. The second kappa shape index (κ2) is 5.18. The molecule has 68 valence electrons. The second-order valence-corrected chi connectivity index (χ2v) is 2.28. The van der Waals surface area contributed by atoms with Gasteiger partial charge in [0.1, 0.15) is 6.61 Å². The van der Waals surface area contributed by atoms with Gasteiger partial charge in [-0.2, -0.15) is 0 Å². The molecule has 3 nitrogen and oxygen atoms in total. The van der Waals surface area contributed by atoms with Crippen LogP contribution in [-0.4, -0.2) is 23.3 Å². The van der Waals surface area contributed by atoms with Gasteiger partial charge in [0.05, 0.1) is 6.61 Å². The predicted molar refractivity (Wildman–Crippen MR) is 49.4 cm³/mol. The van der Waals surface area contributed by atoms with E-state index in [1.54, 1.807) is 18.3 Å². The molecule has 0 unspecified atom stereocenters. The number of ether oxygens (including phenoxy) is 1. The lowest BCUT2D eigenvalue weighted by atomic mass is 10.3. The average molecular weight is 177 g/mol. The Hall–Kier alpha value is -1.53. The summed E-state index contributed by atoms with van der Waals surface area (Å²) in [7, 11) is 0. The van der Waals surface area contributed by atoms with Gasteiger partial charge in [-0.15, -0.1) is 0 Å². The molecule has 0 fully saturated rings. The van der Waals surface area contributed by atoms with Crippen LogP contribution in [0.1, 0.15) is 12.5 Å². The maximum Gasteiger partial charge on any atom is 0.213 e. The maximum absolute atomic E-state index is 8.45. The quantitative estimate of drug-likeness (QED) is 0.680. The molecular formula is C10H11NO2. The third kappa shape index (κ3) is 3.14. The molecule has 13 heavy (non-hydrogen) atoms. The average Bonchev–Trinajstić information content (AvgIpc) is 2.17. The van der Waals surface area contributed by atoms with Gasteiger partial charge < -0.3 is 9.84 Å². The number of aliphatic hydroxyl groups excluding tert-OH is 1. The lowest BCUT2D eigenvalue weighted by Crippen LogP contribution is -1.93. The highest BCUT2D eigenvalue weighted by molar-refractivity contribution is 5.33. The van der Waals surface area contributed by atoms with Crippen LogP contribution in [0.5, 0.6) is 5.88 Å². The van der Waals surface area contributed by atoms with Crippen molar-refractivity contribution >= 4 is 0 Å². The van der Waals surface area contributed by atoms with Gasteiger partial charge in [-0.3, -0.25) is 0 Å². The minimum absolute atomic E-state index is 0.132. The largest absolute Gasteiger partial charge is 0.478 e. The summed E-state index contributed by atoms with van der Waals surface area (Å²) in [5, 5.41) is 8.45. The van der Waals surface area contributed by atoms with Crippen molar-refractivity contribution in [2.75, 3.05) is 13.2 Å². The van der Waals surface area contributed by atoms with E-state index in [2.05, 4.69) is 16.8 Å². The molecular weight excluding hydrogens is 166 g/mol. The molecule has 0 aromatic carbocycles. The molecule has 0 amide bonds. The minimum Gasteiger partial charge on any atom is -0.478 e. The number of aliphatic hydroxyl groups is 1. The molecule has 0 saturated carbocycles. The minimum atomic E-state index is -0.132. The maximum atomic E-state index is 8.45. The van der Waals surface area contributed by atoms with Crippen molar-refractivity contribution in [3.63, 3.8) is 0 Å². The van der Waals surface area contributed by atoms with Crippen molar-refractivity contribution in [2.45, 2.75) is 6.92 Å². The van der Waals surface area contributed by atoms with E-state index in [1.165, 1.54) is 0 Å². The first kappa shape index (κ1) is 9.56. The molecule has 0 aliphatic carbocycles. The first-order chi connectivity index (χ1) is 6.36. The lowest BCUT2D eigenvalue weighted by molar-refractivity contribution is 0.327. The summed E-state index contributed by atoms with van der Waals surface area (Å²) in [6, 6.07) is 3.56. The molecule has 1 heterocycles. The topological polar surface area (TPSA) is 42.4 Å². The fourth-order valence-corrected chi connectivity index (χ4v) is 0.829. The molecule has 1 aromatic rings. The molecule has 0 bridgehead atoms. The van der Waals surface area contributed by atoms with Gasteiger partial charge in [-0.1, -0.05) is 11.8 Å². The van der Waals surface area contributed by atoms with Crippen LogP contribution in [0.15, 0.2) is 18.3 Å². The normalized spacial score (nSPS) is 8.77. The van der Waals surface area contributed by atoms with Gasteiger partial charge in [0, 0.05) is 17.8 Å². The zero-order valence-electron chi connectivity index (χ0n) is 7.45. The Morgan fingerprint density at radius 3 is 2.92 bits per heavy atom. The van der Waals surface area contributed by atoms with Crippen molar-refractivity contribution in [3.8, 4) is 17.7 Å². The van der Waals surface area contributed by atoms with Crippen LogP contribution < -0.4 is 4.74 Å². The van der Waals surface area contributed by atoms with Crippen molar-refractivity contribution < 1.29 is 9.84 Å². The summed E-state index contributed by atoms with van der Waals surface area (Å²) in [5.41, 5.74) is 0.775. The smallest absolute Gasteiger partial charge is 0.213 e. The highest BCUT2D eigenvalue weighted by atomic mass is 16.5. The summed E-state index contributed by atoms with van der Waals surface area (Å²) < 4.78 is 5.16. The van der Waals surface area contributed by atoms with Crippen molar-refractivity contribution in [2.24, 2.45) is 0 Å². The summed E-state index contributed by atoms with van der Waals surface area (Å²) in [4.78, 5) is 4.01. The lowest BCUT2D eigenvalue weighted by Gasteiger charge is -1.99. The predicted octanol–water partition coefficient (Wildman–Crippen LogP) is 0.824. The van der Waals surface area contributed by atoms with Crippen molar-refractivity contribution in [1.29, 1.82) is 0 Å². The van der Waals surface area contributed by atoms with Crippen LogP contribution in [0.3, 0.4) is 0 Å². The zero-order valence-corrected chi connectivity index (χ0v) is 7.45. The van der Waals surface area contributed by atoms with Crippen molar-refractivity contribution in [1.82, 2.24) is 4.98 Å². The Morgan fingerprint density at radius 2 is 2.38 bits per heavy atom. The molecule has 0 radical (unpaired) electrons. The summed E-state index contributed by atoms with van der Waals surface area (Å²) in [6.07, 6.45) is 1.62. The Balaban J connectivity index is 2.69. The van der Waals surface area contributed by atoms with Crippen molar-refractivity contribution in [3.05, 3.63) is 23.9 Å². The van der Waals surface area contributed by atoms with Gasteiger partial charge in [-0.25, -0.2) is 4.98 Å². The van der Waals surface area contributed by atoms with E-state index in [0.29, 0.717) is 12.5 Å². The number of aromatic nitrogens is 1. The summed E-state index contributed by atoms with van der Waals surface area (Å²) in [5.74, 6) is 5.88. The van der Waals surface area contributed by atoms with E-state index in [-0.39, 0.29) is 6.61 Å². The van der Waals surface area contributed by atoms with E-state index in [1.807, 2.05) is 6.92 Å². The Labute approximate surface area is 77.4 Å².